The minimum atomic E-state index is -0.990. The van der Waals surface area contributed by atoms with Crippen LogP contribution in [0.3, 0.4) is 0 Å². The largest absolute Gasteiger partial charge is 0.478 e. The summed E-state index contributed by atoms with van der Waals surface area (Å²) >= 11 is 3.21. The van der Waals surface area contributed by atoms with E-state index in [0.717, 1.165) is 5.56 Å². The molecule has 0 unspecified atom stereocenters. The first-order valence-corrected chi connectivity index (χ1v) is 6.46. The van der Waals surface area contributed by atoms with Crippen molar-refractivity contribution in [1.29, 1.82) is 0 Å². The zero-order valence-corrected chi connectivity index (χ0v) is 11.8. The molecule has 0 aliphatic rings. The fourth-order valence-corrected chi connectivity index (χ4v) is 2.50. The summed E-state index contributed by atoms with van der Waals surface area (Å²) in [6.07, 6.45) is 1.71. The first-order chi connectivity index (χ1) is 8.99. The van der Waals surface area contributed by atoms with Crippen molar-refractivity contribution >= 4 is 21.9 Å². The van der Waals surface area contributed by atoms with Gasteiger partial charge >= 0.3 is 5.97 Å². The molecule has 0 saturated carbocycles. The second-order valence-electron chi connectivity index (χ2n) is 4.26. The lowest BCUT2D eigenvalue weighted by molar-refractivity contribution is 0.0695. The lowest BCUT2D eigenvalue weighted by Gasteiger charge is -2.10. The standard InChI is InChI=1S/C14H12BrNO3/c1-9-6-12(15)13(17)16(7-9)8-10-4-2-3-5-11(10)14(18)19/h2-7H,8H2,1H3,(H,18,19). The topological polar surface area (TPSA) is 59.3 Å². The number of pyridine rings is 1. The Labute approximate surface area is 118 Å². The molecule has 1 aromatic heterocycles. The van der Waals surface area contributed by atoms with Crippen LogP contribution in [0.1, 0.15) is 21.5 Å². The number of benzene rings is 1. The van der Waals surface area contributed by atoms with Gasteiger partial charge in [0, 0.05) is 6.20 Å². The SMILES string of the molecule is Cc1cc(Br)c(=O)n(Cc2ccccc2C(=O)O)c1. The molecule has 1 N–H and O–H groups in total. The second-order valence-corrected chi connectivity index (χ2v) is 5.12. The van der Waals surface area contributed by atoms with E-state index in [1.807, 2.05) is 6.92 Å². The number of halogens is 1. The molecule has 0 radical (unpaired) electrons. The summed E-state index contributed by atoms with van der Waals surface area (Å²) in [5.41, 5.74) is 1.58. The molecule has 0 fully saturated rings. The van der Waals surface area contributed by atoms with Crippen molar-refractivity contribution in [3.8, 4) is 0 Å². The van der Waals surface area contributed by atoms with E-state index >= 15 is 0 Å². The molecule has 0 spiro atoms. The molecule has 19 heavy (non-hydrogen) atoms. The Hall–Kier alpha value is -1.88. The lowest BCUT2D eigenvalue weighted by Crippen LogP contribution is -2.22. The first-order valence-electron chi connectivity index (χ1n) is 5.67. The molecule has 0 amide bonds. The highest BCUT2D eigenvalue weighted by Crippen LogP contribution is 2.12. The Balaban J connectivity index is 2.48. The Kier molecular flexibility index (Phi) is 3.85. The van der Waals surface area contributed by atoms with Crippen molar-refractivity contribution in [2.75, 3.05) is 0 Å². The van der Waals surface area contributed by atoms with Crippen molar-refractivity contribution in [2.24, 2.45) is 0 Å². The molecule has 5 heteroatoms. The highest BCUT2D eigenvalue weighted by molar-refractivity contribution is 9.10. The molecule has 1 aromatic carbocycles. The normalized spacial score (nSPS) is 10.4. The van der Waals surface area contributed by atoms with Gasteiger partial charge in [-0.1, -0.05) is 18.2 Å². The highest BCUT2D eigenvalue weighted by atomic mass is 79.9. The third-order valence-corrected chi connectivity index (χ3v) is 3.34. The number of carboxylic acids is 1. The van der Waals surface area contributed by atoms with Crippen LogP contribution in [0.25, 0.3) is 0 Å². The molecule has 0 saturated heterocycles. The Morgan fingerprint density at radius 1 is 1.37 bits per heavy atom. The molecule has 4 nitrogen and oxygen atoms in total. The van der Waals surface area contributed by atoms with Crippen LogP contribution < -0.4 is 5.56 Å². The van der Waals surface area contributed by atoms with E-state index in [9.17, 15) is 9.59 Å². The number of aryl methyl sites for hydroxylation is 1. The van der Waals surface area contributed by atoms with Crippen LogP contribution in [0, 0.1) is 6.92 Å². The van der Waals surface area contributed by atoms with E-state index in [1.165, 1.54) is 10.6 Å². The molecule has 1 heterocycles. The van der Waals surface area contributed by atoms with Gasteiger partial charge in [0.05, 0.1) is 16.6 Å². The van der Waals surface area contributed by atoms with Crippen molar-refractivity contribution in [1.82, 2.24) is 4.57 Å². The Morgan fingerprint density at radius 2 is 2.05 bits per heavy atom. The smallest absolute Gasteiger partial charge is 0.336 e. The summed E-state index contributed by atoms with van der Waals surface area (Å²) < 4.78 is 1.97. The maximum Gasteiger partial charge on any atom is 0.336 e. The molecule has 2 rings (SSSR count). The minimum absolute atomic E-state index is 0.175. The minimum Gasteiger partial charge on any atom is -0.478 e. The van der Waals surface area contributed by atoms with E-state index in [4.69, 9.17) is 5.11 Å². The van der Waals surface area contributed by atoms with Gasteiger partial charge < -0.3 is 9.67 Å². The fourth-order valence-electron chi connectivity index (χ4n) is 1.91. The molecule has 0 aliphatic heterocycles. The van der Waals surface area contributed by atoms with Gasteiger partial charge in [-0.2, -0.15) is 0 Å². The zero-order valence-electron chi connectivity index (χ0n) is 10.3. The van der Waals surface area contributed by atoms with E-state index in [2.05, 4.69) is 15.9 Å². The van der Waals surface area contributed by atoms with E-state index in [-0.39, 0.29) is 17.7 Å². The van der Waals surface area contributed by atoms with Crippen molar-refractivity contribution in [3.05, 3.63) is 68.0 Å². The Bertz CT molecular complexity index is 691. The number of rotatable bonds is 3. The predicted octanol–water partition coefficient (Wildman–Crippen LogP) is 2.67. The Morgan fingerprint density at radius 3 is 2.74 bits per heavy atom. The monoisotopic (exact) mass is 321 g/mol. The van der Waals surface area contributed by atoms with Gasteiger partial charge in [-0.25, -0.2) is 4.79 Å². The number of aromatic carboxylic acids is 1. The maximum atomic E-state index is 12.0. The molecule has 98 valence electrons. The summed E-state index contributed by atoms with van der Waals surface area (Å²) in [6.45, 7) is 2.12. The number of aromatic nitrogens is 1. The first kappa shape index (κ1) is 13.5. The van der Waals surface area contributed by atoms with Gasteiger partial charge in [0.2, 0.25) is 0 Å². The van der Waals surface area contributed by atoms with Crippen LogP contribution in [0.15, 0.2) is 45.8 Å². The predicted molar refractivity (Wildman–Crippen MR) is 75.6 cm³/mol. The van der Waals surface area contributed by atoms with E-state index in [0.29, 0.717) is 10.0 Å². The average Bonchev–Trinajstić information content (AvgIpc) is 2.35. The molecule has 0 aliphatic carbocycles. The van der Waals surface area contributed by atoms with Gasteiger partial charge in [-0.15, -0.1) is 0 Å². The number of carbonyl (C=O) groups is 1. The third kappa shape index (κ3) is 2.93. The van der Waals surface area contributed by atoms with Crippen molar-refractivity contribution < 1.29 is 9.90 Å². The molecule has 0 bridgehead atoms. The van der Waals surface area contributed by atoms with Crippen LogP contribution in [-0.4, -0.2) is 15.6 Å². The van der Waals surface area contributed by atoms with Gasteiger partial charge in [-0.05, 0) is 46.1 Å². The summed E-state index contributed by atoms with van der Waals surface area (Å²) in [5.74, 6) is -0.990. The maximum absolute atomic E-state index is 12.0. The van der Waals surface area contributed by atoms with Gasteiger partial charge in [-0.3, -0.25) is 4.79 Å². The number of hydrogen-bond donors (Lipinski definition) is 1. The van der Waals surface area contributed by atoms with Crippen molar-refractivity contribution in [2.45, 2.75) is 13.5 Å². The van der Waals surface area contributed by atoms with Gasteiger partial charge in [0.15, 0.2) is 0 Å². The summed E-state index contributed by atoms with van der Waals surface area (Å²) in [5, 5.41) is 9.13. The van der Waals surface area contributed by atoms with Crippen molar-refractivity contribution in [3.63, 3.8) is 0 Å². The molecular weight excluding hydrogens is 310 g/mol. The third-order valence-electron chi connectivity index (χ3n) is 2.77. The zero-order chi connectivity index (χ0) is 14.0. The fraction of sp³-hybridized carbons (Fsp3) is 0.143. The number of carboxylic acid groups (broad SMARTS) is 1. The average molecular weight is 322 g/mol. The molecular formula is C14H12BrNO3. The van der Waals surface area contributed by atoms with E-state index < -0.39 is 5.97 Å². The van der Waals surface area contributed by atoms with E-state index in [1.54, 1.807) is 30.5 Å². The quantitative estimate of drug-likeness (QED) is 0.945. The summed E-state index contributed by atoms with van der Waals surface area (Å²) in [7, 11) is 0. The lowest BCUT2D eigenvalue weighted by atomic mass is 10.1. The second kappa shape index (κ2) is 5.40. The van der Waals surface area contributed by atoms with Crippen LogP contribution in [0.5, 0.6) is 0 Å². The summed E-state index contributed by atoms with van der Waals surface area (Å²) in [6, 6.07) is 8.42. The van der Waals surface area contributed by atoms with Crippen LogP contribution >= 0.6 is 15.9 Å². The van der Waals surface area contributed by atoms with Gasteiger partial charge in [0.25, 0.3) is 5.56 Å². The highest BCUT2D eigenvalue weighted by Gasteiger charge is 2.10. The number of nitrogens with zero attached hydrogens (tertiary/aromatic N) is 1. The number of hydrogen-bond acceptors (Lipinski definition) is 2. The van der Waals surface area contributed by atoms with Crippen LogP contribution in [0.4, 0.5) is 0 Å². The summed E-state index contributed by atoms with van der Waals surface area (Å²) in [4.78, 5) is 23.1. The molecule has 2 aromatic rings. The van der Waals surface area contributed by atoms with Crippen LogP contribution in [0.2, 0.25) is 0 Å². The molecule has 0 atom stereocenters. The van der Waals surface area contributed by atoms with Gasteiger partial charge in [0.1, 0.15) is 0 Å². The van der Waals surface area contributed by atoms with Crippen LogP contribution in [-0.2, 0) is 6.54 Å².